The molecule has 0 aromatic heterocycles. The predicted molar refractivity (Wildman–Crippen MR) is 110 cm³/mol. The molecule has 2 aromatic rings. The topological polar surface area (TPSA) is 66.5 Å². The number of benzene rings is 2. The molecule has 1 amide bonds. The summed E-state index contributed by atoms with van der Waals surface area (Å²) in [6, 6.07) is 12.5. The van der Waals surface area contributed by atoms with Gasteiger partial charge in [0.25, 0.3) is 0 Å². The molecular weight excluding hydrogens is 399 g/mol. The molecule has 0 spiro atoms. The molecule has 1 unspecified atom stereocenters. The first-order valence-electron chi connectivity index (χ1n) is 9.06. The van der Waals surface area contributed by atoms with Crippen molar-refractivity contribution < 1.29 is 17.6 Å². The molecule has 0 fully saturated rings. The van der Waals surface area contributed by atoms with E-state index in [1.807, 2.05) is 6.92 Å². The number of nitrogens with zero attached hydrogens (tertiary/aromatic N) is 1. The Morgan fingerprint density at radius 1 is 1.11 bits per heavy atom. The molecule has 2 rings (SSSR count). The molecular formula is C20H25FN2O3S2. The van der Waals surface area contributed by atoms with Gasteiger partial charge >= 0.3 is 0 Å². The summed E-state index contributed by atoms with van der Waals surface area (Å²) >= 11 is 1.13. The van der Waals surface area contributed by atoms with Gasteiger partial charge in [-0.15, -0.1) is 11.8 Å². The summed E-state index contributed by atoms with van der Waals surface area (Å²) in [4.78, 5) is 12.8. The fraction of sp³-hybridized carbons (Fsp3) is 0.350. The largest absolute Gasteiger partial charge is 0.349 e. The molecule has 0 saturated heterocycles. The van der Waals surface area contributed by atoms with Crippen LogP contribution in [0.25, 0.3) is 0 Å². The summed E-state index contributed by atoms with van der Waals surface area (Å²) in [5.41, 5.74) is 0.794. The van der Waals surface area contributed by atoms with Crippen molar-refractivity contribution in [2.75, 3.05) is 18.8 Å². The summed E-state index contributed by atoms with van der Waals surface area (Å²) in [6.07, 6.45) is 0. The average molecular weight is 425 g/mol. The van der Waals surface area contributed by atoms with Crippen molar-refractivity contribution in [3.05, 3.63) is 59.9 Å². The smallest absolute Gasteiger partial charge is 0.243 e. The molecule has 0 saturated carbocycles. The van der Waals surface area contributed by atoms with Crippen molar-refractivity contribution in [3.63, 3.8) is 0 Å². The Hall–Kier alpha value is -1.90. The molecule has 0 aliphatic rings. The van der Waals surface area contributed by atoms with Gasteiger partial charge in [-0.1, -0.05) is 38.1 Å². The molecule has 5 nitrogen and oxygen atoms in total. The second kappa shape index (κ2) is 10.0. The quantitative estimate of drug-likeness (QED) is 0.622. The van der Waals surface area contributed by atoms with E-state index >= 15 is 0 Å². The van der Waals surface area contributed by atoms with Gasteiger partial charge in [0.15, 0.2) is 0 Å². The maximum Gasteiger partial charge on any atom is 0.243 e. The second-order valence-corrected chi connectivity index (χ2v) is 9.12. The van der Waals surface area contributed by atoms with Gasteiger partial charge in [-0.2, -0.15) is 4.31 Å². The van der Waals surface area contributed by atoms with Crippen LogP contribution in [0.5, 0.6) is 0 Å². The highest BCUT2D eigenvalue weighted by Crippen LogP contribution is 2.22. The number of halogens is 1. The number of carbonyl (C=O) groups excluding carboxylic acids is 1. The molecule has 0 bridgehead atoms. The zero-order chi connectivity index (χ0) is 20.7. The lowest BCUT2D eigenvalue weighted by Crippen LogP contribution is -2.30. The highest BCUT2D eigenvalue weighted by molar-refractivity contribution is 8.00. The fourth-order valence-corrected chi connectivity index (χ4v) is 4.92. The van der Waals surface area contributed by atoms with E-state index in [9.17, 15) is 17.6 Å². The molecule has 0 radical (unpaired) electrons. The zero-order valence-electron chi connectivity index (χ0n) is 16.2. The number of amides is 1. The van der Waals surface area contributed by atoms with Gasteiger partial charge in [0, 0.05) is 18.0 Å². The minimum atomic E-state index is -3.50. The van der Waals surface area contributed by atoms with Crippen molar-refractivity contribution in [2.24, 2.45) is 0 Å². The monoisotopic (exact) mass is 424 g/mol. The number of hydrogen-bond acceptors (Lipinski definition) is 4. The van der Waals surface area contributed by atoms with Crippen molar-refractivity contribution in [1.29, 1.82) is 0 Å². The highest BCUT2D eigenvalue weighted by Gasteiger charge is 2.21. The van der Waals surface area contributed by atoms with Gasteiger partial charge in [0.1, 0.15) is 5.82 Å². The Kier molecular flexibility index (Phi) is 8.03. The number of carbonyl (C=O) groups is 1. The van der Waals surface area contributed by atoms with Gasteiger partial charge in [0.2, 0.25) is 15.9 Å². The number of thioether (sulfide) groups is 1. The van der Waals surface area contributed by atoms with Crippen LogP contribution in [-0.4, -0.2) is 37.5 Å². The molecule has 0 aliphatic heterocycles. The van der Waals surface area contributed by atoms with Crippen LogP contribution in [0.1, 0.15) is 32.4 Å². The normalized spacial score (nSPS) is 12.8. The Morgan fingerprint density at radius 2 is 1.71 bits per heavy atom. The summed E-state index contributed by atoms with van der Waals surface area (Å²) in [6.45, 7) is 6.23. The van der Waals surface area contributed by atoms with E-state index < -0.39 is 10.0 Å². The Bertz CT molecular complexity index is 898. The number of rotatable bonds is 9. The molecule has 8 heteroatoms. The van der Waals surface area contributed by atoms with E-state index in [-0.39, 0.29) is 28.4 Å². The number of nitrogens with one attached hydrogen (secondary N) is 1. The van der Waals surface area contributed by atoms with Crippen molar-refractivity contribution in [3.8, 4) is 0 Å². The first kappa shape index (κ1) is 22.4. The Balaban J connectivity index is 1.98. The first-order valence-corrected chi connectivity index (χ1v) is 11.5. The van der Waals surface area contributed by atoms with E-state index in [0.29, 0.717) is 18.0 Å². The maximum absolute atomic E-state index is 13.6. The summed E-state index contributed by atoms with van der Waals surface area (Å²) in [5.74, 6) is -0.474. The third kappa shape index (κ3) is 5.56. The number of sulfonamides is 1. The lowest BCUT2D eigenvalue weighted by molar-refractivity contribution is -0.119. The SMILES string of the molecule is CCN(CC)S(=O)(=O)c1ccc(C(C)NC(=O)CSc2ccccc2F)cc1. The van der Waals surface area contributed by atoms with E-state index in [4.69, 9.17) is 0 Å². The summed E-state index contributed by atoms with van der Waals surface area (Å²) < 4.78 is 40.0. The van der Waals surface area contributed by atoms with E-state index in [0.717, 1.165) is 17.3 Å². The first-order chi connectivity index (χ1) is 13.3. The predicted octanol–water partition coefficient (Wildman–Crippen LogP) is 3.83. The lowest BCUT2D eigenvalue weighted by atomic mass is 10.1. The molecule has 0 aliphatic carbocycles. The van der Waals surface area contributed by atoms with Crippen LogP contribution in [0.15, 0.2) is 58.3 Å². The van der Waals surface area contributed by atoms with Gasteiger partial charge in [-0.25, -0.2) is 12.8 Å². The van der Waals surface area contributed by atoms with Crippen LogP contribution >= 0.6 is 11.8 Å². The standard InChI is InChI=1S/C20H25FN2O3S2/c1-4-23(5-2)28(25,26)17-12-10-16(11-13-17)15(3)22-20(24)14-27-19-9-7-6-8-18(19)21/h6-13,15H,4-5,14H2,1-3H3,(H,22,24). The van der Waals surface area contributed by atoms with Crippen molar-refractivity contribution in [1.82, 2.24) is 9.62 Å². The lowest BCUT2D eigenvalue weighted by Gasteiger charge is -2.19. The molecule has 152 valence electrons. The minimum Gasteiger partial charge on any atom is -0.349 e. The second-order valence-electron chi connectivity index (χ2n) is 6.17. The van der Waals surface area contributed by atoms with Gasteiger partial charge in [-0.05, 0) is 36.8 Å². The van der Waals surface area contributed by atoms with E-state index in [1.54, 1.807) is 56.3 Å². The van der Waals surface area contributed by atoms with E-state index in [2.05, 4.69) is 5.32 Å². The zero-order valence-corrected chi connectivity index (χ0v) is 17.8. The highest BCUT2D eigenvalue weighted by atomic mass is 32.2. The van der Waals surface area contributed by atoms with Gasteiger partial charge in [0.05, 0.1) is 16.7 Å². The molecule has 0 heterocycles. The van der Waals surface area contributed by atoms with Crippen molar-refractivity contribution in [2.45, 2.75) is 36.6 Å². The average Bonchev–Trinajstić information content (AvgIpc) is 2.68. The third-order valence-electron chi connectivity index (χ3n) is 4.30. The maximum atomic E-state index is 13.6. The summed E-state index contributed by atoms with van der Waals surface area (Å²) in [5, 5.41) is 2.85. The fourth-order valence-electron chi connectivity index (χ4n) is 2.71. The minimum absolute atomic E-state index is 0.0969. The molecule has 1 atom stereocenters. The Labute approximate surface area is 170 Å². The molecule has 2 aromatic carbocycles. The van der Waals surface area contributed by atoms with Crippen LogP contribution in [0, 0.1) is 5.82 Å². The molecule has 28 heavy (non-hydrogen) atoms. The summed E-state index contributed by atoms with van der Waals surface area (Å²) in [7, 11) is -3.50. The van der Waals surface area contributed by atoms with Gasteiger partial charge in [-0.3, -0.25) is 4.79 Å². The van der Waals surface area contributed by atoms with Crippen LogP contribution in [0.4, 0.5) is 4.39 Å². The van der Waals surface area contributed by atoms with Crippen LogP contribution in [0.2, 0.25) is 0 Å². The third-order valence-corrected chi connectivity index (χ3v) is 7.41. The Morgan fingerprint density at radius 3 is 2.29 bits per heavy atom. The van der Waals surface area contributed by atoms with Crippen LogP contribution in [-0.2, 0) is 14.8 Å². The van der Waals surface area contributed by atoms with Crippen LogP contribution < -0.4 is 5.32 Å². The molecule has 1 N–H and O–H groups in total. The van der Waals surface area contributed by atoms with E-state index in [1.165, 1.54) is 10.4 Å². The van der Waals surface area contributed by atoms with Gasteiger partial charge < -0.3 is 5.32 Å². The van der Waals surface area contributed by atoms with Crippen molar-refractivity contribution >= 4 is 27.7 Å². The number of hydrogen-bond donors (Lipinski definition) is 1. The van der Waals surface area contributed by atoms with Crippen LogP contribution in [0.3, 0.4) is 0 Å².